The van der Waals surface area contributed by atoms with Gasteiger partial charge in [0, 0.05) is 18.8 Å². The first-order chi connectivity index (χ1) is 6.84. The summed E-state index contributed by atoms with van der Waals surface area (Å²) in [5.41, 5.74) is 0. The Morgan fingerprint density at radius 1 is 1.50 bits per heavy atom. The second kappa shape index (κ2) is 4.55. The van der Waals surface area contributed by atoms with Crippen molar-refractivity contribution in [3.63, 3.8) is 0 Å². The maximum atomic E-state index is 3.92. The van der Waals surface area contributed by atoms with Crippen LogP contribution in [0.25, 0.3) is 0 Å². The molecule has 2 rings (SSSR count). The molecule has 0 radical (unpaired) electrons. The van der Waals surface area contributed by atoms with Crippen molar-refractivity contribution < 1.29 is 0 Å². The van der Waals surface area contributed by atoms with Crippen molar-refractivity contribution in [2.24, 2.45) is 5.92 Å². The predicted molar refractivity (Wildman–Crippen MR) is 54.8 cm³/mol. The number of nitrogens with zero attached hydrogens (tertiary/aromatic N) is 3. The van der Waals surface area contributed by atoms with E-state index in [1.807, 2.05) is 10.9 Å². The molecule has 0 amide bonds. The summed E-state index contributed by atoms with van der Waals surface area (Å²) in [5, 5.41) is 11.3. The zero-order chi connectivity index (χ0) is 9.80. The van der Waals surface area contributed by atoms with E-state index in [2.05, 4.69) is 22.6 Å². The van der Waals surface area contributed by atoms with Gasteiger partial charge < -0.3 is 5.32 Å². The lowest BCUT2D eigenvalue weighted by molar-refractivity contribution is 0.464. The molecule has 4 nitrogen and oxygen atoms in total. The minimum Gasteiger partial charge on any atom is -0.312 e. The Morgan fingerprint density at radius 2 is 2.43 bits per heavy atom. The van der Waals surface area contributed by atoms with Crippen molar-refractivity contribution in [1.82, 2.24) is 20.3 Å². The molecule has 1 saturated carbocycles. The molecule has 14 heavy (non-hydrogen) atoms. The second-order valence-corrected chi connectivity index (χ2v) is 4.24. The van der Waals surface area contributed by atoms with E-state index in [4.69, 9.17) is 0 Å². The van der Waals surface area contributed by atoms with Gasteiger partial charge in [-0.15, -0.1) is 5.10 Å². The Labute approximate surface area is 84.7 Å². The number of hydrogen-bond acceptors (Lipinski definition) is 3. The van der Waals surface area contributed by atoms with Crippen LogP contribution in [0.4, 0.5) is 0 Å². The van der Waals surface area contributed by atoms with Crippen molar-refractivity contribution >= 4 is 0 Å². The average Bonchev–Trinajstić information content (AvgIpc) is 2.77. The second-order valence-electron chi connectivity index (χ2n) is 4.24. The van der Waals surface area contributed by atoms with Crippen molar-refractivity contribution in [3.8, 4) is 0 Å². The van der Waals surface area contributed by atoms with Crippen LogP contribution in [0.5, 0.6) is 0 Å². The summed E-state index contributed by atoms with van der Waals surface area (Å²) >= 11 is 0. The van der Waals surface area contributed by atoms with E-state index in [0.29, 0.717) is 0 Å². The van der Waals surface area contributed by atoms with Crippen LogP contribution in [0.3, 0.4) is 0 Å². The lowest BCUT2D eigenvalue weighted by atomic mass is 10.1. The fraction of sp³-hybridized carbons (Fsp3) is 0.800. The van der Waals surface area contributed by atoms with Crippen LogP contribution in [0.1, 0.15) is 26.2 Å². The van der Waals surface area contributed by atoms with Gasteiger partial charge >= 0.3 is 0 Å². The Balaban J connectivity index is 1.64. The van der Waals surface area contributed by atoms with Gasteiger partial charge in [-0.1, -0.05) is 12.1 Å². The molecule has 78 valence electrons. The van der Waals surface area contributed by atoms with E-state index in [-0.39, 0.29) is 0 Å². The third-order valence-corrected chi connectivity index (χ3v) is 2.94. The lowest BCUT2D eigenvalue weighted by Crippen LogP contribution is -2.29. The first kappa shape index (κ1) is 9.65. The van der Waals surface area contributed by atoms with E-state index in [1.165, 1.54) is 19.3 Å². The van der Waals surface area contributed by atoms with Gasteiger partial charge in [-0.05, 0) is 25.2 Å². The first-order valence-corrected chi connectivity index (χ1v) is 5.42. The van der Waals surface area contributed by atoms with Crippen molar-refractivity contribution in [3.05, 3.63) is 12.4 Å². The monoisotopic (exact) mass is 194 g/mol. The molecular formula is C10H18N4. The van der Waals surface area contributed by atoms with Gasteiger partial charge in [0.15, 0.2) is 0 Å². The summed E-state index contributed by atoms with van der Waals surface area (Å²) in [6.07, 6.45) is 7.66. The Kier molecular flexibility index (Phi) is 3.14. The maximum absolute atomic E-state index is 3.92. The SMILES string of the molecule is CC1CCC(NCCn2ccnn2)C1. The molecule has 0 spiro atoms. The number of nitrogens with one attached hydrogen (secondary N) is 1. The van der Waals surface area contributed by atoms with Crippen molar-refractivity contribution in [2.45, 2.75) is 38.8 Å². The molecule has 0 aromatic carbocycles. The minimum atomic E-state index is 0.730. The summed E-state index contributed by atoms with van der Waals surface area (Å²) in [4.78, 5) is 0. The van der Waals surface area contributed by atoms with Gasteiger partial charge in [-0.3, -0.25) is 4.68 Å². The van der Waals surface area contributed by atoms with Crippen LogP contribution >= 0.6 is 0 Å². The fourth-order valence-corrected chi connectivity index (χ4v) is 2.13. The van der Waals surface area contributed by atoms with E-state index in [1.54, 1.807) is 6.20 Å². The summed E-state index contributed by atoms with van der Waals surface area (Å²) in [6, 6.07) is 0.730. The summed E-state index contributed by atoms with van der Waals surface area (Å²) in [6.45, 7) is 4.25. The topological polar surface area (TPSA) is 42.7 Å². The molecule has 1 aromatic rings. The summed E-state index contributed by atoms with van der Waals surface area (Å²) in [7, 11) is 0. The van der Waals surface area contributed by atoms with E-state index in [0.717, 1.165) is 25.0 Å². The third kappa shape index (κ3) is 2.54. The molecule has 0 bridgehead atoms. The molecule has 2 atom stereocenters. The third-order valence-electron chi connectivity index (χ3n) is 2.94. The summed E-state index contributed by atoms with van der Waals surface area (Å²) in [5.74, 6) is 0.902. The largest absolute Gasteiger partial charge is 0.312 e. The van der Waals surface area contributed by atoms with E-state index < -0.39 is 0 Å². The fourth-order valence-electron chi connectivity index (χ4n) is 2.13. The first-order valence-electron chi connectivity index (χ1n) is 5.42. The Hall–Kier alpha value is -0.900. The molecular weight excluding hydrogens is 176 g/mol. The van der Waals surface area contributed by atoms with Crippen LogP contribution in [0.15, 0.2) is 12.4 Å². The van der Waals surface area contributed by atoms with Gasteiger partial charge in [0.2, 0.25) is 0 Å². The van der Waals surface area contributed by atoms with Crippen LogP contribution in [-0.2, 0) is 6.54 Å². The highest BCUT2D eigenvalue weighted by Crippen LogP contribution is 2.24. The number of hydrogen-bond donors (Lipinski definition) is 1. The van der Waals surface area contributed by atoms with Crippen LogP contribution in [0.2, 0.25) is 0 Å². The average molecular weight is 194 g/mol. The molecule has 0 saturated heterocycles. The van der Waals surface area contributed by atoms with E-state index in [9.17, 15) is 0 Å². The lowest BCUT2D eigenvalue weighted by Gasteiger charge is -2.11. The van der Waals surface area contributed by atoms with E-state index >= 15 is 0 Å². The van der Waals surface area contributed by atoms with Gasteiger partial charge in [-0.25, -0.2) is 0 Å². The van der Waals surface area contributed by atoms with Gasteiger partial charge in [0.05, 0.1) is 12.7 Å². The molecule has 1 N–H and O–H groups in total. The van der Waals surface area contributed by atoms with Gasteiger partial charge in [-0.2, -0.15) is 0 Å². The zero-order valence-electron chi connectivity index (χ0n) is 8.69. The Morgan fingerprint density at radius 3 is 3.07 bits per heavy atom. The maximum Gasteiger partial charge on any atom is 0.0692 e. The van der Waals surface area contributed by atoms with Crippen LogP contribution in [-0.4, -0.2) is 27.6 Å². The number of aromatic nitrogens is 3. The molecule has 1 aliphatic rings. The smallest absolute Gasteiger partial charge is 0.0692 e. The quantitative estimate of drug-likeness (QED) is 0.779. The standard InChI is InChI=1S/C10H18N4/c1-9-2-3-10(8-9)11-4-6-14-7-5-12-13-14/h5,7,9-11H,2-4,6,8H2,1H3. The zero-order valence-corrected chi connectivity index (χ0v) is 8.69. The van der Waals surface area contributed by atoms with Crippen LogP contribution in [0, 0.1) is 5.92 Å². The molecule has 1 heterocycles. The Bertz CT molecular complexity index is 257. The van der Waals surface area contributed by atoms with Crippen molar-refractivity contribution in [1.29, 1.82) is 0 Å². The highest BCUT2D eigenvalue weighted by Gasteiger charge is 2.20. The van der Waals surface area contributed by atoms with Gasteiger partial charge in [0.1, 0.15) is 0 Å². The molecule has 4 heteroatoms. The molecule has 1 fully saturated rings. The molecule has 1 aromatic heterocycles. The number of rotatable bonds is 4. The highest BCUT2D eigenvalue weighted by atomic mass is 15.4. The van der Waals surface area contributed by atoms with Crippen LogP contribution < -0.4 is 5.32 Å². The normalized spacial score (nSPS) is 26.9. The highest BCUT2D eigenvalue weighted by molar-refractivity contribution is 4.78. The summed E-state index contributed by atoms with van der Waals surface area (Å²) < 4.78 is 1.87. The molecule has 2 unspecified atom stereocenters. The van der Waals surface area contributed by atoms with Gasteiger partial charge in [0.25, 0.3) is 0 Å². The predicted octanol–water partition coefficient (Wildman–Crippen LogP) is 1.06. The minimum absolute atomic E-state index is 0.730. The molecule has 1 aliphatic carbocycles. The molecule has 0 aliphatic heterocycles. The van der Waals surface area contributed by atoms with Crippen molar-refractivity contribution in [2.75, 3.05) is 6.54 Å².